The fraction of sp³-hybridized carbons (Fsp3) is 0.320. The van der Waals surface area contributed by atoms with E-state index in [2.05, 4.69) is 10.3 Å². The summed E-state index contributed by atoms with van der Waals surface area (Å²) in [6.45, 7) is 7.94. The predicted molar refractivity (Wildman–Crippen MR) is 120 cm³/mol. The Morgan fingerprint density at radius 3 is 2.53 bits per heavy atom. The van der Waals surface area contributed by atoms with Crippen molar-refractivity contribution in [3.05, 3.63) is 65.5 Å². The monoisotopic (exact) mass is 434 g/mol. The first-order valence-electron chi connectivity index (χ1n) is 10.5. The first-order chi connectivity index (χ1) is 15.2. The normalized spacial score (nSPS) is 14.0. The van der Waals surface area contributed by atoms with Crippen molar-refractivity contribution in [2.75, 3.05) is 13.2 Å². The quantitative estimate of drug-likeness (QED) is 0.593. The van der Waals surface area contributed by atoms with Crippen LogP contribution in [0.15, 0.2) is 48.8 Å². The predicted octanol–water partition coefficient (Wildman–Crippen LogP) is 4.82. The van der Waals surface area contributed by atoms with E-state index >= 15 is 0 Å². The molecule has 0 spiro atoms. The van der Waals surface area contributed by atoms with Crippen LogP contribution in [0, 0.1) is 0 Å². The van der Waals surface area contributed by atoms with Gasteiger partial charge in [0, 0.05) is 28.9 Å². The van der Waals surface area contributed by atoms with Gasteiger partial charge in [-0.2, -0.15) is 0 Å². The molecule has 0 aliphatic carbocycles. The second kappa shape index (κ2) is 8.49. The summed E-state index contributed by atoms with van der Waals surface area (Å²) in [5.74, 6) is 0.693. The number of amides is 1. The first kappa shape index (κ1) is 21.6. The van der Waals surface area contributed by atoms with Crippen LogP contribution in [0.3, 0.4) is 0 Å². The van der Waals surface area contributed by atoms with E-state index in [9.17, 15) is 9.59 Å². The number of fused-ring (bicyclic) bond motifs is 2. The summed E-state index contributed by atoms with van der Waals surface area (Å²) in [5.41, 5.74) is 1.09. The third kappa shape index (κ3) is 4.37. The number of nitrogens with one attached hydrogen (secondary N) is 1. The van der Waals surface area contributed by atoms with Gasteiger partial charge in [0.05, 0.1) is 11.6 Å². The largest absolute Gasteiger partial charge is 0.486 e. The molecular weight excluding hydrogens is 408 g/mol. The highest BCUT2D eigenvalue weighted by molar-refractivity contribution is 6.17. The number of aromatic nitrogens is 1. The Morgan fingerprint density at radius 2 is 1.78 bits per heavy atom. The maximum atomic E-state index is 13.5. The highest BCUT2D eigenvalue weighted by atomic mass is 16.6. The Labute approximate surface area is 186 Å². The molecule has 1 atom stereocenters. The van der Waals surface area contributed by atoms with Crippen LogP contribution in [0.1, 0.15) is 55.2 Å². The molecule has 2 heterocycles. The minimum absolute atomic E-state index is 0.164. The molecule has 1 aliphatic rings. The molecule has 0 saturated carbocycles. The zero-order valence-corrected chi connectivity index (χ0v) is 18.6. The van der Waals surface area contributed by atoms with Gasteiger partial charge in [0.15, 0.2) is 17.3 Å². The maximum absolute atomic E-state index is 13.5. The average Bonchev–Trinajstić information content (AvgIpc) is 2.76. The number of alkyl carbamates (subject to hydrolysis) is 1. The van der Waals surface area contributed by atoms with Crippen LogP contribution in [0.4, 0.5) is 4.79 Å². The molecule has 1 aromatic heterocycles. The number of hydrogen-bond acceptors (Lipinski definition) is 6. The van der Waals surface area contributed by atoms with Crippen molar-refractivity contribution in [1.82, 2.24) is 10.3 Å². The van der Waals surface area contributed by atoms with Crippen LogP contribution < -0.4 is 14.8 Å². The molecule has 32 heavy (non-hydrogen) atoms. The van der Waals surface area contributed by atoms with Crippen molar-refractivity contribution in [3.8, 4) is 11.5 Å². The molecule has 166 valence electrons. The molecule has 0 radical (unpaired) electrons. The molecule has 7 nitrogen and oxygen atoms in total. The zero-order valence-electron chi connectivity index (χ0n) is 18.6. The average molecular weight is 434 g/mol. The van der Waals surface area contributed by atoms with E-state index in [0.29, 0.717) is 41.4 Å². The summed E-state index contributed by atoms with van der Waals surface area (Å²) in [6.07, 6.45) is 2.87. The Morgan fingerprint density at radius 1 is 1.03 bits per heavy atom. The van der Waals surface area contributed by atoms with E-state index in [0.717, 1.165) is 10.8 Å². The lowest BCUT2D eigenvalue weighted by Crippen LogP contribution is -2.34. The number of ketones is 1. The lowest BCUT2D eigenvalue weighted by atomic mass is 9.95. The lowest BCUT2D eigenvalue weighted by Gasteiger charge is -2.27. The third-order valence-corrected chi connectivity index (χ3v) is 5.09. The van der Waals surface area contributed by atoms with Crippen LogP contribution >= 0.6 is 0 Å². The molecule has 0 bridgehead atoms. The third-order valence-electron chi connectivity index (χ3n) is 5.09. The number of carbonyl (C=O) groups excluding carboxylic acids is 2. The Hall–Kier alpha value is -3.61. The van der Waals surface area contributed by atoms with E-state index in [4.69, 9.17) is 14.2 Å². The van der Waals surface area contributed by atoms with Gasteiger partial charge in [-0.15, -0.1) is 0 Å². The van der Waals surface area contributed by atoms with E-state index in [1.54, 1.807) is 51.4 Å². The first-order valence-corrected chi connectivity index (χ1v) is 10.5. The lowest BCUT2D eigenvalue weighted by molar-refractivity contribution is 0.0506. The van der Waals surface area contributed by atoms with Crippen molar-refractivity contribution < 1.29 is 23.8 Å². The molecule has 7 heteroatoms. The van der Waals surface area contributed by atoms with Crippen LogP contribution in [0.5, 0.6) is 11.5 Å². The maximum Gasteiger partial charge on any atom is 0.408 e. The Bertz CT molecular complexity index is 1180. The summed E-state index contributed by atoms with van der Waals surface area (Å²) in [4.78, 5) is 29.9. The van der Waals surface area contributed by atoms with Crippen molar-refractivity contribution >= 4 is 22.6 Å². The molecule has 4 rings (SSSR count). The minimum Gasteiger partial charge on any atom is -0.486 e. The van der Waals surface area contributed by atoms with Gasteiger partial charge in [-0.3, -0.25) is 9.78 Å². The number of ether oxygens (including phenoxy) is 3. The molecule has 1 unspecified atom stereocenters. The summed E-state index contributed by atoms with van der Waals surface area (Å²) in [7, 11) is 0. The van der Waals surface area contributed by atoms with Gasteiger partial charge < -0.3 is 19.5 Å². The highest BCUT2D eigenvalue weighted by Crippen LogP contribution is 2.41. The molecule has 0 fully saturated rings. The second-order valence-corrected chi connectivity index (χ2v) is 8.66. The Balaban J connectivity index is 1.70. The fourth-order valence-electron chi connectivity index (χ4n) is 3.71. The van der Waals surface area contributed by atoms with Gasteiger partial charge >= 0.3 is 6.09 Å². The molecule has 2 aromatic carbocycles. The van der Waals surface area contributed by atoms with Gasteiger partial charge in [0.25, 0.3) is 0 Å². The van der Waals surface area contributed by atoms with Crippen molar-refractivity contribution in [1.29, 1.82) is 0 Å². The van der Waals surface area contributed by atoms with Crippen LogP contribution in [0.2, 0.25) is 0 Å². The van der Waals surface area contributed by atoms with E-state index < -0.39 is 17.7 Å². The van der Waals surface area contributed by atoms with Crippen molar-refractivity contribution in [2.24, 2.45) is 0 Å². The van der Waals surface area contributed by atoms with Crippen molar-refractivity contribution in [2.45, 2.75) is 39.3 Å². The number of hydrogen-bond donors (Lipinski definition) is 1. The molecule has 1 aliphatic heterocycles. The number of carbonyl (C=O) groups is 2. The highest BCUT2D eigenvalue weighted by Gasteiger charge is 2.28. The molecule has 1 amide bonds. The van der Waals surface area contributed by atoms with Gasteiger partial charge in [-0.1, -0.05) is 24.3 Å². The van der Waals surface area contributed by atoms with Crippen LogP contribution in [-0.2, 0) is 4.74 Å². The standard InChI is InChI=1S/C25H26N2O5/c1-15(27-24(29)32-25(2,3)4)17-8-9-20(23-22(17)30-12-13-31-23)21(28)19-7-5-6-16-14-26-11-10-18(16)19/h5-11,14-15H,12-13H2,1-4H3,(H,27,29). The number of nitrogens with zero attached hydrogens (tertiary/aromatic N) is 1. The molecule has 1 N–H and O–H groups in total. The van der Waals surface area contributed by atoms with Crippen LogP contribution in [0.25, 0.3) is 10.8 Å². The van der Waals surface area contributed by atoms with Gasteiger partial charge in [0.1, 0.15) is 18.8 Å². The zero-order chi connectivity index (χ0) is 22.9. The van der Waals surface area contributed by atoms with E-state index in [-0.39, 0.29) is 5.78 Å². The van der Waals surface area contributed by atoms with Crippen molar-refractivity contribution in [3.63, 3.8) is 0 Å². The van der Waals surface area contributed by atoms with Crippen LogP contribution in [-0.4, -0.2) is 35.7 Å². The van der Waals surface area contributed by atoms with Gasteiger partial charge in [-0.05, 0) is 45.2 Å². The molecule has 0 saturated heterocycles. The second-order valence-electron chi connectivity index (χ2n) is 8.66. The number of benzene rings is 2. The Kier molecular flexibility index (Phi) is 5.74. The molecule has 3 aromatic rings. The summed E-state index contributed by atoms with van der Waals surface area (Å²) >= 11 is 0. The number of rotatable bonds is 4. The van der Waals surface area contributed by atoms with E-state index in [1.807, 2.05) is 25.1 Å². The number of pyridine rings is 1. The smallest absolute Gasteiger partial charge is 0.408 e. The summed E-state index contributed by atoms with van der Waals surface area (Å²) in [6, 6.07) is 10.5. The fourth-order valence-corrected chi connectivity index (χ4v) is 3.71. The SMILES string of the molecule is CC(NC(=O)OC(C)(C)C)c1ccc(C(=O)c2cccc3cnccc23)c2c1OCCO2. The minimum atomic E-state index is -0.604. The van der Waals surface area contributed by atoms with E-state index in [1.165, 1.54) is 0 Å². The summed E-state index contributed by atoms with van der Waals surface area (Å²) < 4.78 is 17.1. The topological polar surface area (TPSA) is 86.8 Å². The van der Waals surface area contributed by atoms with Gasteiger partial charge in [-0.25, -0.2) is 4.79 Å². The summed E-state index contributed by atoms with van der Waals surface area (Å²) in [5, 5.41) is 4.53. The molecular formula is C25H26N2O5. The van der Waals surface area contributed by atoms with Gasteiger partial charge in [0.2, 0.25) is 0 Å².